The van der Waals surface area contributed by atoms with E-state index >= 15 is 0 Å². The quantitative estimate of drug-likeness (QED) is 0.268. The standard InChI is InChI=1S/C23H26Cl2N2O4S/c1-2-30-22(29)12-13-27(16-17-7-4-3-5-8-17)23(32)26-21(28)9-6-14-31-20-11-10-18(24)15-19(20)25/h3-5,7-8,10-11,15H,2,6,9,12-14,16H2,1H3,(H,26,28,32). The van der Waals surface area contributed by atoms with Gasteiger partial charge in [-0.15, -0.1) is 0 Å². The second-order valence-corrected chi connectivity index (χ2v) is 8.07. The third-order valence-corrected chi connectivity index (χ3v) is 5.23. The number of carbonyl (C=O) groups is 2. The number of nitrogens with zero attached hydrogens (tertiary/aromatic N) is 1. The lowest BCUT2D eigenvalue weighted by molar-refractivity contribution is -0.143. The zero-order chi connectivity index (χ0) is 23.3. The van der Waals surface area contributed by atoms with Crippen LogP contribution in [-0.2, 0) is 20.9 Å². The molecule has 32 heavy (non-hydrogen) atoms. The molecule has 2 aromatic rings. The fourth-order valence-corrected chi connectivity index (χ4v) is 3.52. The summed E-state index contributed by atoms with van der Waals surface area (Å²) in [7, 11) is 0. The van der Waals surface area contributed by atoms with Crippen molar-refractivity contribution in [1.82, 2.24) is 10.2 Å². The highest BCUT2D eigenvalue weighted by Crippen LogP contribution is 2.27. The second kappa shape index (κ2) is 13.9. The predicted octanol–water partition coefficient (Wildman–Crippen LogP) is 5.01. The summed E-state index contributed by atoms with van der Waals surface area (Å²) in [5.41, 5.74) is 1.02. The number of thiocarbonyl (C=S) groups is 1. The van der Waals surface area contributed by atoms with Crippen molar-refractivity contribution in [1.29, 1.82) is 0 Å². The molecule has 0 heterocycles. The van der Waals surface area contributed by atoms with Gasteiger partial charge in [0.05, 0.1) is 24.7 Å². The molecule has 0 atom stereocenters. The van der Waals surface area contributed by atoms with Gasteiger partial charge in [0.1, 0.15) is 5.75 Å². The van der Waals surface area contributed by atoms with E-state index < -0.39 is 0 Å². The van der Waals surface area contributed by atoms with Gasteiger partial charge in [-0.05, 0) is 49.3 Å². The van der Waals surface area contributed by atoms with E-state index in [1.165, 1.54) is 0 Å². The Labute approximate surface area is 203 Å². The molecule has 0 aliphatic heterocycles. The summed E-state index contributed by atoms with van der Waals surface area (Å²) in [4.78, 5) is 25.9. The lowest BCUT2D eigenvalue weighted by atomic mass is 10.2. The van der Waals surface area contributed by atoms with Crippen LogP contribution in [0.2, 0.25) is 10.0 Å². The number of carbonyl (C=O) groups excluding carboxylic acids is 2. The van der Waals surface area contributed by atoms with Crippen LogP contribution in [0, 0.1) is 0 Å². The van der Waals surface area contributed by atoms with Gasteiger partial charge in [0, 0.05) is 24.5 Å². The van der Waals surface area contributed by atoms with E-state index in [-0.39, 0.29) is 29.8 Å². The first-order valence-electron chi connectivity index (χ1n) is 10.2. The highest BCUT2D eigenvalue weighted by atomic mass is 35.5. The van der Waals surface area contributed by atoms with Gasteiger partial charge in [0.2, 0.25) is 5.91 Å². The van der Waals surface area contributed by atoms with Crippen molar-refractivity contribution in [2.45, 2.75) is 32.7 Å². The summed E-state index contributed by atoms with van der Waals surface area (Å²) >= 11 is 17.4. The Kier molecular flexibility index (Phi) is 11.3. The van der Waals surface area contributed by atoms with Gasteiger partial charge in [0.25, 0.3) is 0 Å². The summed E-state index contributed by atoms with van der Waals surface area (Å²) in [5.74, 6) is -0.0207. The van der Waals surface area contributed by atoms with Crippen molar-refractivity contribution in [3.8, 4) is 5.75 Å². The van der Waals surface area contributed by atoms with Crippen molar-refractivity contribution in [2.75, 3.05) is 19.8 Å². The Morgan fingerprint density at radius 1 is 1.09 bits per heavy atom. The van der Waals surface area contributed by atoms with Crippen molar-refractivity contribution in [3.05, 3.63) is 64.1 Å². The molecule has 0 aliphatic carbocycles. The predicted molar refractivity (Wildman–Crippen MR) is 130 cm³/mol. The lowest BCUT2D eigenvalue weighted by Gasteiger charge is -2.25. The maximum Gasteiger partial charge on any atom is 0.307 e. The average molecular weight is 497 g/mol. The number of amides is 1. The number of benzene rings is 2. The van der Waals surface area contributed by atoms with Crippen molar-refractivity contribution in [2.24, 2.45) is 0 Å². The normalized spacial score (nSPS) is 10.3. The topological polar surface area (TPSA) is 67.9 Å². The number of esters is 1. The molecule has 0 spiro atoms. The molecule has 172 valence electrons. The van der Waals surface area contributed by atoms with Crippen LogP contribution >= 0.6 is 35.4 Å². The molecular formula is C23H26Cl2N2O4S. The zero-order valence-electron chi connectivity index (χ0n) is 17.8. The Hall–Kier alpha value is -2.35. The van der Waals surface area contributed by atoms with Gasteiger partial charge in [-0.25, -0.2) is 0 Å². The smallest absolute Gasteiger partial charge is 0.307 e. The molecule has 0 radical (unpaired) electrons. The van der Waals surface area contributed by atoms with Crippen LogP contribution in [0.15, 0.2) is 48.5 Å². The molecule has 1 N–H and O–H groups in total. The SMILES string of the molecule is CCOC(=O)CCN(Cc1ccccc1)C(=S)NC(=O)CCCOc1ccc(Cl)cc1Cl. The van der Waals surface area contributed by atoms with E-state index in [1.54, 1.807) is 30.0 Å². The third-order valence-electron chi connectivity index (χ3n) is 4.34. The zero-order valence-corrected chi connectivity index (χ0v) is 20.1. The fourth-order valence-electron chi connectivity index (χ4n) is 2.78. The molecule has 0 fully saturated rings. The minimum absolute atomic E-state index is 0.173. The van der Waals surface area contributed by atoms with E-state index in [1.807, 2.05) is 30.3 Å². The first-order valence-corrected chi connectivity index (χ1v) is 11.4. The van der Waals surface area contributed by atoms with Gasteiger partial charge in [0.15, 0.2) is 5.11 Å². The molecule has 6 nitrogen and oxygen atoms in total. The van der Waals surface area contributed by atoms with Gasteiger partial charge in [-0.1, -0.05) is 53.5 Å². The molecule has 2 aromatic carbocycles. The van der Waals surface area contributed by atoms with Crippen molar-refractivity contribution < 1.29 is 19.1 Å². The summed E-state index contributed by atoms with van der Waals surface area (Å²) < 4.78 is 10.6. The van der Waals surface area contributed by atoms with Crippen LogP contribution < -0.4 is 10.1 Å². The van der Waals surface area contributed by atoms with Gasteiger partial charge >= 0.3 is 5.97 Å². The van der Waals surface area contributed by atoms with E-state index in [0.717, 1.165) is 5.56 Å². The fraction of sp³-hybridized carbons (Fsp3) is 0.348. The molecule has 0 aliphatic rings. The molecule has 2 rings (SSSR count). The third kappa shape index (κ3) is 9.42. The molecule has 0 bridgehead atoms. The minimum atomic E-state index is -0.308. The average Bonchev–Trinajstić information content (AvgIpc) is 2.76. The Balaban J connectivity index is 1.83. The van der Waals surface area contributed by atoms with E-state index in [4.69, 9.17) is 44.9 Å². The summed E-state index contributed by atoms with van der Waals surface area (Å²) in [5, 5.41) is 3.95. The number of rotatable bonds is 11. The molecule has 0 saturated carbocycles. The van der Waals surface area contributed by atoms with Crippen LogP contribution in [0.3, 0.4) is 0 Å². The van der Waals surface area contributed by atoms with E-state index in [2.05, 4.69) is 5.32 Å². The Morgan fingerprint density at radius 3 is 2.53 bits per heavy atom. The van der Waals surface area contributed by atoms with E-state index in [9.17, 15) is 9.59 Å². The first-order chi connectivity index (χ1) is 15.4. The molecular weight excluding hydrogens is 471 g/mol. The highest BCUT2D eigenvalue weighted by molar-refractivity contribution is 7.80. The number of nitrogens with one attached hydrogen (secondary N) is 1. The molecule has 1 amide bonds. The molecule has 0 saturated heterocycles. The van der Waals surface area contributed by atoms with Crippen LogP contribution in [0.1, 0.15) is 31.7 Å². The minimum Gasteiger partial charge on any atom is -0.492 e. The Bertz CT molecular complexity index is 912. The number of ether oxygens (including phenoxy) is 2. The van der Waals surface area contributed by atoms with Gasteiger partial charge in [-0.3, -0.25) is 9.59 Å². The highest BCUT2D eigenvalue weighted by Gasteiger charge is 2.15. The Morgan fingerprint density at radius 2 is 1.84 bits per heavy atom. The maximum atomic E-state index is 12.4. The summed E-state index contributed by atoms with van der Waals surface area (Å²) in [6.07, 6.45) is 0.879. The number of hydrogen-bond acceptors (Lipinski definition) is 5. The van der Waals surface area contributed by atoms with Gasteiger partial charge < -0.3 is 19.7 Å². The molecule has 9 heteroatoms. The largest absolute Gasteiger partial charge is 0.492 e. The van der Waals surface area contributed by atoms with Crippen LogP contribution in [0.5, 0.6) is 5.75 Å². The summed E-state index contributed by atoms with van der Waals surface area (Å²) in [6.45, 7) is 3.21. The number of halogens is 2. The molecule has 0 unspecified atom stereocenters. The van der Waals surface area contributed by atoms with Crippen molar-refractivity contribution >= 4 is 52.4 Å². The van der Waals surface area contributed by atoms with Gasteiger partial charge in [-0.2, -0.15) is 0 Å². The second-order valence-electron chi connectivity index (χ2n) is 6.84. The van der Waals surface area contributed by atoms with Crippen LogP contribution in [0.4, 0.5) is 0 Å². The first kappa shape index (κ1) is 25.9. The summed E-state index contributed by atoms with van der Waals surface area (Å²) in [6, 6.07) is 14.7. The van der Waals surface area contributed by atoms with Crippen LogP contribution in [0.25, 0.3) is 0 Å². The number of hydrogen-bond donors (Lipinski definition) is 1. The van der Waals surface area contributed by atoms with Crippen molar-refractivity contribution in [3.63, 3.8) is 0 Å². The van der Waals surface area contributed by atoms with E-state index in [0.29, 0.717) is 48.5 Å². The van der Waals surface area contributed by atoms with Crippen LogP contribution in [-0.4, -0.2) is 41.6 Å². The monoisotopic (exact) mass is 496 g/mol. The lowest BCUT2D eigenvalue weighted by Crippen LogP contribution is -2.43. The maximum absolute atomic E-state index is 12.4. The molecule has 0 aromatic heterocycles.